The summed E-state index contributed by atoms with van der Waals surface area (Å²) in [7, 11) is -4.58. The summed E-state index contributed by atoms with van der Waals surface area (Å²) >= 11 is 11.3. The van der Waals surface area contributed by atoms with Crippen LogP contribution in [0.25, 0.3) is 0 Å². The minimum Gasteiger partial charge on any atom is -0.478 e. The molecule has 0 aliphatic heterocycles. The van der Waals surface area contributed by atoms with Crippen molar-refractivity contribution >= 4 is 45.1 Å². The molecule has 0 aromatic heterocycles. The van der Waals surface area contributed by atoms with Crippen LogP contribution in [-0.2, 0) is 10.2 Å². The van der Waals surface area contributed by atoms with E-state index in [0.29, 0.717) is 0 Å². The lowest BCUT2D eigenvalue weighted by Gasteiger charge is -2.13. The topological polar surface area (TPSA) is 95.5 Å². The molecule has 21 heavy (non-hydrogen) atoms. The van der Waals surface area contributed by atoms with Gasteiger partial charge < -0.3 is 5.11 Å². The Morgan fingerprint density at radius 1 is 1.24 bits per heavy atom. The molecule has 0 unspecified atom stereocenters. The van der Waals surface area contributed by atoms with E-state index in [2.05, 4.69) is 0 Å². The number of halogens is 5. The van der Waals surface area contributed by atoms with E-state index < -0.39 is 34.6 Å². The predicted molar refractivity (Wildman–Crippen MR) is 70.0 cm³/mol. The third-order valence-electron chi connectivity index (χ3n) is 1.99. The second-order valence-corrected chi connectivity index (χ2v) is 5.98. The van der Waals surface area contributed by atoms with Crippen molar-refractivity contribution in [2.45, 2.75) is 6.18 Å². The number of aromatic carboxylic acids is 1. The van der Waals surface area contributed by atoms with Crippen LogP contribution in [0.5, 0.6) is 0 Å². The highest BCUT2D eigenvalue weighted by Gasteiger charge is 2.30. The first-order chi connectivity index (χ1) is 9.41. The van der Waals surface area contributed by atoms with Crippen molar-refractivity contribution in [1.29, 1.82) is 0 Å². The number of hydrogen-bond donors (Lipinski definition) is 3. The van der Waals surface area contributed by atoms with E-state index >= 15 is 0 Å². The van der Waals surface area contributed by atoms with Crippen molar-refractivity contribution in [3.05, 3.63) is 27.7 Å². The first-order valence-electron chi connectivity index (χ1n) is 4.98. The molecule has 12 heteroatoms. The first kappa shape index (κ1) is 17.8. The second-order valence-electron chi connectivity index (χ2n) is 3.66. The van der Waals surface area contributed by atoms with Gasteiger partial charge >= 0.3 is 12.1 Å². The van der Waals surface area contributed by atoms with Gasteiger partial charge in [-0.2, -0.15) is 26.3 Å². The van der Waals surface area contributed by atoms with E-state index in [4.69, 9.17) is 28.3 Å². The summed E-state index contributed by atoms with van der Waals surface area (Å²) in [6.45, 7) is -1.79. The van der Waals surface area contributed by atoms with E-state index in [1.807, 2.05) is 0 Å². The van der Waals surface area contributed by atoms with Gasteiger partial charge in [-0.1, -0.05) is 23.2 Å². The Morgan fingerprint density at radius 2 is 1.71 bits per heavy atom. The van der Waals surface area contributed by atoms with Crippen LogP contribution in [0.1, 0.15) is 10.4 Å². The molecule has 0 spiro atoms. The van der Waals surface area contributed by atoms with Gasteiger partial charge in [-0.25, -0.2) is 4.79 Å². The van der Waals surface area contributed by atoms with Crippen LogP contribution in [0.4, 0.5) is 18.9 Å². The Balaban J connectivity index is 3.00. The lowest BCUT2D eigenvalue weighted by atomic mass is 10.2. The Bertz CT molecular complexity index is 640. The molecule has 0 bridgehead atoms. The molecule has 6 nitrogen and oxygen atoms in total. The summed E-state index contributed by atoms with van der Waals surface area (Å²) in [5, 5.41) is 7.98. The number of nitrogens with one attached hydrogen (secondary N) is 2. The summed E-state index contributed by atoms with van der Waals surface area (Å²) in [6.07, 6.45) is -4.74. The molecule has 0 aliphatic carbocycles. The quantitative estimate of drug-likeness (QED) is 0.745. The number of rotatable bonds is 5. The summed E-state index contributed by atoms with van der Waals surface area (Å²) in [5.41, 5.74) is -0.741. The van der Waals surface area contributed by atoms with Crippen molar-refractivity contribution < 1.29 is 31.5 Å². The van der Waals surface area contributed by atoms with Gasteiger partial charge in [-0.15, -0.1) is 0 Å². The number of anilines is 1. The Kier molecular flexibility index (Phi) is 5.31. The minimum absolute atomic E-state index is 0.309. The number of carbonyl (C=O) groups is 1. The maximum atomic E-state index is 12.0. The molecule has 118 valence electrons. The van der Waals surface area contributed by atoms with Crippen molar-refractivity contribution in [2.24, 2.45) is 0 Å². The highest BCUT2D eigenvalue weighted by Crippen LogP contribution is 2.32. The summed E-state index contributed by atoms with van der Waals surface area (Å²) in [4.78, 5) is 10.7. The number of alkyl halides is 3. The zero-order valence-electron chi connectivity index (χ0n) is 9.83. The SMILES string of the molecule is O=C(O)c1cc(Cl)c(NS(=O)(=O)NCC(F)(F)F)c(Cl)c1. The van der Waals surface area contributed by atoms with E-state index in [1.165, 1.54) is 4.72 Å². The van der Waals surface area contributed by atoms with Crippen LogP contribution in [0.3, 0.4) is 0 Å². The molecule has 0 saturated heterocycles. The van der Waals surface area contributed by atoms with Gasteiger partial charge in [-0.05, 0) is 12.1 Å². The highest BCUT2D eigenvalue weighted by molar-refractivity contribution is 7.90. The van der Waals surface area contributed by atoms with Crippen LogP contribution in [-0.4, -0.2) is 32.2 Å². The number of carboxylic acids is 1. The third kappa shape index (κ3) is 5.58. The number of benzene rings is 1. The Morgan fingerprint density at radius 3 is 2.10 bits per heavy atom. The molecular weight excluding hydrogens is 360 g/mol. The van der Waals surface area contributed by atoms with Crippen LogP contribution < -0.4 is 9.44 Å². The van der Waals surface area contributed by atoms with Crippen molar-refractivity contribution in [1.82, 2.24) is 4.72 Å². The van der Waals surface area contributed by atoms with Gasteiger partial charge in [0, 0.05) is 0 Å². The van der Waals surface area contributed by atoms with E-state index in [0.717, 1.165) is 12.1 Å². The molecule has 1 aromatic carbocycles. The van der Waals surface area contributed by atoms with Gasteiger partial charge in [0.15, 0.2) is 0 Å². The fraction of sp³-hybridized carbons (Fsp3) is 0.222. The lowest BCUT2D eigenvalue weighted by Crippen LogP contribution is -2.37. The zero-order valence-corrected chi connectivity index (χ0v) is 12.2. The van der Waals surface area contributed by atoms with Gasteiger partial charge in [-0.3, -0.25) is 4.72 Å². The van der Waals surface area contributed by atoms with Crippen LogP contribution in [0, 0.1) is 0 Å². The monoisotopic (exact) mass is 366 g/mol. The van der Waals surface area contributed by atoms with Crippen LogP contribution >= 0.6 is 23.2 Å². The molecule has 0 saturated carbocycles. The zero-order chi connectivity index (χ0) is 16.4. The molecule has 3 N–H and O–H groups in total. The summed E-state index contributed by atoms with van der Waals surface area (Å²) in [6, 6.07) is 1.80. The fourth-order valence-electron chi connectivity index (χ4n) is 1.14. The Hall–Kier alpha value is -1.23. The molecule has 0 radical (unpaired) electrons. The van der Waals surface area contributed by atoms with Crippen LogP contribution in [0.2, 0.25) is 10.0 Å². The normalized spacial score (nSPS) is 12.2. The Labute approximate surface area is 127 Å². The van der Waals surface area contributed by atoms with Gasteiger partial charge in [0.05, 0.1) is 21.3 Å². The molecule has 0 fully saturated rings. The standard InChI is InChI=1S/C9H7Cl2F3N2O4S/c10-5-1-4(8(17)18)2-6(11)7(5)16-21(19,20)15-3-9(12,13)14/h1-2,15-16H,3H2,(H,17,18). The molecule has 0 amide bonds. The first-order valence-corrected chi connectivity index (χ1v) is 7.22. The fourth-order valence-corrected chi connectivity index (χ4v) is 2.75. The molecule has 1 rings (SSSR count). The smallest absolute Gasteiger partial charge is 0.402 e. The molecular formula is C9H7Cl2F3N2O4S. The average molecular weight is 367 g/mol. The summed E-state index contributed by atoms with van der Waals surface area (Å²) in [5.74, 6) is -1.36. The van der Waals surface area contributed by atoms with Crippen molar-refractivity contribution in [2.75, 3.05) is 11.3 Å². The predicted octanol–water partition coefficient (Wildman–Crippen LogP) is 2.50. The van der Waals surface area contributed by atoms with Crippen molar-refractivity contribution in [3.8, 4) is 0 Å². The van der Waals surface area contributed by atoms with Crippen molar-refractivity contribution in [3.63, 3.8) is 0 Å². The number of carboxylic acid groups (broad SMARTS) is 1. The number of hydrogen-bond acceptors (Lipinski definition) is 3. The largest absolute Gasteiger partial charge is 0.478 e. The van der Waals surface area contributed by atoms with E-state index in [1.54, 1.807) is 4.72 Å². The maximum absolute atomic E-state index is 12.0. The third-order valence-corrected chi connectivity index (χ3v) is 3.58. The van der Waals surface area contributed by atoms with Gasteiger partial charge in [0.2, 0.25) is 0 Å². The second kappa shape index (κ2) is 6.26. The average Bonchev–Trinajstić information content (AvgIpc) is 2.30. The molecule has 0 aliphatic rings. The highest BCUT2D eigenvalue weighted by atomic mass is 35.5. The molecule has 0 heterocycles. The summed E-state index contributed by atoms with van der Waals surface area (Å²) < 4.78 is 61.6. The maximum Gasteiger partial charge on any atom is 0.402 e. The van der Waals surface area contributed by atoms with E-state index in [-0.39, 0.29) is 15.6 Å². The minimum atomic E-state index is -4.74. The molecule has 0 atom stereocenters. The lowest BCUT2D eigenvalue weighted by molar-refractivity contribution is -0.121. The van der Waals surface area contributed by atoms with Gasteiger partial charge in [0.25, 0.3) is 10.2 Å². The molecule has 1 aromatic rings. The van der Waals surface area contributed by atoms with E-state index in [9.17, 15) is 26.4 Å². The van der Waals surface area contributed by atoms with Crippen LogP contribution in [0.15, 0.2) is 12.1 Å². The van der Waals surface area contributed by atoms with Gasteiger partial charge in [0.1, 0.15) is 6.54 Å².